The third kappa shape index (κ3) is 4.22. The highest BCUT2D eigenvalue weighted by atomic mass is 16.6. The number of benzene rings is 2. The predicted octanol–water partition coefficient (Wildman–Crippen LogP) is 5.07. The lowest BCUT2D eigenvalue weighted by Crippen LogP contribution is -2.07. The molecule has 0 saturated carbocycles. The van der Waals surface area contributed by atoms with Gasteiger partial charge in [-0.2, -0.15) is 0 Å². The Morgan fingerprint density at radius 1 is 1.08 bits per heavy atom. The van der Waals surface area contributed by atoms with Crippen molar-refractivity contribution in [3.05, 3.63) is 81.9 Å². The number of rotatable bonds is 6. The molecule has 2 aromatic rings. The summed E-state index contributed by atoms with van der Waals surface area (Å²) in [7, 11) is 0. The van der Waals surface area contributed by atoms with Crippen LogP contribution in [0.1, 0.15) is 30.4 Å². The normalized spacial score (nSPS) is 16.8. The molecule has 1 atom stereocenters. The first-order valence-corrected chi connectivity index (χ1v) is 8.31. The Bertz CT molecular complexity index is 725. The van der Waals surface area contributed by atoms with E-state index >= 15 is 0 Å². The highest BCUT2D eigenvalue weighted by Gasteiger charge is 2.18. The molecule has 0 fully saturated rings. The van der Waals surface area contributed by atoms with E-state index in [2.05, 4.69) is 12.2 Å². The van der Waals surface area contributed by atoms with Gasteiger partial charge in [-0.25, -0.2) is 0 Å². The van der Waals surface area contributed by atoms with Crippen molar-refractivity contribution in [1.82, 2.24) is 0 Å². The quantitative estimate of drug-likeness (QED) is 0.423. The fourth-order valence-electron chi connectivity index (χ4n) is 3.06. The smallest absolute Gasteiger partial charge is 0.310 e. The van der Waals surface area contributed by atoms with Crippen LogP contribution >= 0.6 is 0 Å². The van der Waals surface area contributed by atoms with Crippen LogP contribution in [-0.4, -0.2) is 4.92 Å². The lowest BCUT2D eigenvalue weighted by Gasteiger charge is -2.18. The van der Waals surface area contributed by atoms with Gasteiger partial charge in [0, 0.05) is 6.07 Å². The third-order valence-electron chi connectivity index (χ3n) is 4.36. The van der Waals surface area contributed by atoms with E-state index in [1.54, 1.807) is 6.07 Å². The summed E-state index contributed by atoms with van der Waals surface area (Å²) in [6.45, 7) is 0.331. The van der Waals surface area contributed by atoms with Crippen molar-refractivity contribution in [2.75, 3.05) is 0 Å². The summed E-state index contributed by atoms with van der Waals surface area (Å²) in [6, 6.07) is 14.9. The van der Waals surface area contributed by atoms with Crippen LogP contribution in [0.4, 0.5) is 5.69 Å². The van der Waals surface area contributed by atoms with E-state index in [1.807, 2.05) is 42.5 Å². The van der Waals surface area contributed by atoms with E-state index in [9.17, 15) is 10.1 Å². The zero-order valence-corrected chi connectivity index (χ0v) is 13.6. The molecule has 0 aromatic heterocycles. The molecule has 3 rings (SSSR count). The van der Waals surface area contributed by atoms with Gasteiger partial charge >= 0.3 is 5.69 Å². The van der Waals surface area contributed by atoms with Crippen molar-refractivity contribution in [3.8, 4) is 5.75 Å². The molecule has 2 aromatic carbocycles. The highest BCUT2D eigenvalue weighted by Crippen LogP contribution is 2.31. The monoisotopic (exact) mass is 323 g/mol. The lowest BCUT2D eigenvalue weighted by molar-refractivity contribution is -0.386. The Kier molecular flexibility index (Phi) is 5.26. The topological polar surface area (TPSA) is 52.4 Å². The van der Waals surface area contributed by atoms with Gasteiger partial charge in [-0.3, -0.25) is 10.1 Å². The average molecular weight is 323 g/mol. The van der Waals surface area contributed by atoms with Gasteiger partial charge in [0.1, 0.15) is 6.61 Å². The van der Waals surface area contributed by atoms with Crippen LogP contribution in [0.15, 0.2) is 60.7 Å². The second-order valence-corrected chi connectivity index (χ2v) is 6.19. The fraction of sp³-hybridized carbons (Fsp3) is 0.300. The van der Waals surface area contributed by atoms with Crippen LogP contribution in [-0.2, 0) is 13.0 Å². The van der Waals surface area contributed by atoms with E-state index in [4.69, 9.17) is 4.74 Å². The van der Waals surface area contributed by atoms with Gasteiger partial charge in [-0.1, -0.05) is 48.6 Å². The summed E-state index contributed by atoms with van der Waals surface area (Å²) < 4.78 is 5.76. The summed E-state index contributed by atoms with van der Waals surface area (Å²) in [5, 5.41) is 11.3. The number of hydrogen-bond donors (Lipinski definition) is 0. The first-order chi connectivity index (χ1) is 11.7. The molecule has 24 heavy (non-hydrogen) atoms. The molecule has 4 nitrogen and oxygen atoms in total. The van der Waals surface area contributed by atoms with E-state index in [1.165, 1.54) is 6.42 Å². The molecule has 0 spiro atoms. The molecule has 1 aliphatic carbocycles. The minimum Gasteiger partial charge on any atom is -0.482 e. The van der Waals surface area contributed by atoms with Gasteiger partial charge in [0.15, 0.2) is 5.75 Å². The largest absolute Gasteiger partial charge is 0.482 e. The van der Waals surface area contributed by atoms with Gasteiger partial charge in [0.05, 0.1) is 4.92 Å². The van der Waals surface area contributed by atoms with E-state index in [-0.39, 0.29) is 10.6 Å². The summed E-state index contributed by atoms with van der Waals surface area (Å²) in [6.07, 6.45) is 8.76. The molecule has 1 unspecified atom stereocenters. The standard InChI is InChI=1S/C20H21NO3/c22-21(23)19-12-11-18(13-16-7-3-1-4-8-16)14-20(19)24-15-17-9-5-2-6-10-17/h1-3,5-6,9-12,14,16H,4,7-8,13,15H2. The zero-order valence-electron chi connectivity index (χ0n) is 13.6. The second-order valence-electron chi connectivity index (χ2n) is 6.19. The molecule has 0 heterocycles. The maximum atomic E-state index is 11.3. The molecule has 124 valence electrons. The maximum absolute atomic E-state index is 11.3. The Labute approximate surface area is 141 Å². The summed E-state index contributed by atoms with van der Waals surface area (Å²) in [5.41, 5.74) is 2.12. The van der Waals surface area contributed by atoms with Crippen LogP contribution in [0.3, 0.4) is 0 Å². The molecular weight excluding hydrogens is 302 g/mol. The SMILES string of the molecule is O=[N+]([O-])c1ccc(CC2CC=CCC2)cc1OCc1ccccc1. The third-order valence-corrected chi connectivity index (χ3v) is 4.36. The number of nitrogens with zero attached hydrogens (tertiary/aromatic N) is 1. The van der Waals surface area contributed by atoms with Crippen LogP contribution in [0.5, 0.6) is 5.75 Å². The average Bonchev–Trinajstić information content (AvgIpc) is 2.61. The van der Waals surface area contributed by atoms with Crippen LogP contribution in [0, 0.1) is 16.0 Å². The summed E-state index contributed by atoms with van der Waals surface area (Å²) in [5.74, 6) is 0.964. The van der Waals surface area contributed by atoms with Crippen LogP contribution in [0.2, 0.25) is 0 Å². The molecule has 0 amide bonds. The van der Waals surface area contributed by atoms with Gasteiger partial charge in [0.2, 0.25) is 0 Å². The number of ether oxygens (including phenoxy) is 1. The minimum atomic E-state index is -0.381. The zero-order chi connectivity index (χ0) is 16.8. The van der Waals surface area contributed by atoms with Crippen molar-refractivity contribution in [1.29, 1.82) is 0 Å². The molecule has 0 saturated heterocycles. The molecule has 1 aliphatic rings. The second kappa shape index (κ2) is 7.77. The van der Waals surface area contributed by atoms with Crippen LogP contribution in [0.25, 0.3) is 0 Å². The molecule has 0 bridgehead atoms. The van der Waals surface area contributed by atoms with E-state index in [0.717, 1.165) is 30.4 Å². The highest BCUT2D eigenvalue weighted by molar-refractivity contribution is 5.48. The van der Waals surface area contributed by atoms with Crippen molar-refractivity contribution < 1.29 is 9.66 Å². The molecule has 0 aliphatic heterocycles. The van der Waals surface area contributed by atoms with Gasteiger partial charge in [-0.15, -0.1) is 0 Å². The molecule has 0 N–H and O–H groups in total. The number of hydrogen-bond acceptors (Lipinski definition) is 3. The van der Waals surface area contributed by atoms with Crippen molar-refractivity contribution in [3.63, 3.8) is 0 Å². The Morgan fingerprint density at radius 2 is 1.92 bits per heavy atom. The number of nitro benzene ring substituents is 1. The van der Waals surface area contributed by atoms with E-state index < -0.39 is 0 Å². The Hall–Kier alpha value is -2.62. The number of nitro groups is 1. The summed E-state index contributed by atoms with van der Waals surface area (Å²) in [4.78, 5) is 10.9. The first-order valence-electron chi connectivity index (χ1n) is 8.31. The Balaban J connectivity index is 1.75. The summed E-state index contributed by atoms with van der Waals surface area (Å²) >= 11 is 0. The first kappa shape index (κ1) is 16.2. The number of allylic oxidation sites excluding steroid dienone is 2. The van der Waals surface area contributed by atoms with E-state index in [0.29, 0.717) is 18.3 Å². The maximum Gasteiger partial charge on any atom is 0.310 e. The lowest BCUT2D eigenvalue weighted by atomic mass is 9.88. The molecule has 0 radical (unpaired) electrons. The van der Waals surface area contributed by atoms with Gasteiger partial charge < -0.3 is 4.74 Å². The molecule has 4 heteroatoms. The molecular formula is C20H21NO3. The van der Waals surface area contributed by atoms with Gasteiger partial charge in [-0.05, 0) is 48.8 Å². The van der Waals surface area contributed by atoms with Crippen molar-refractivity contribution in [2.24, 2.45) is 5.92 Å². The van der Waals surface area contributed by atoms with Crippen molar-refractivity contribution >= 4 is 5.69 Å². The minimum absolute atomic E-state index is 0.0261. The predicted molar refractivity (Wildman–Crippen MR) is 94.1 cm³/mol. The van der Waals surface area contributed by atoms with Crippen LogP contribution < -0.4 is 4.74 Å². The van der Waals surface area contributed by atoms with Crippen molar-refractivity contribution in [2.45, 2.75) is 32.3 Å². The van der Waals surface area contributed by atoms with Gasteiger partial charge in [0.25, 0.3) is 0 Å². The Morgan fingerprint density at radius 3 is 2.62 bits per heavy atom. The fourth-order valence-corrected chi connectivity index (χ4v) is 3.06.